The first-order valence-corrected chi connectivity index (χ1v) is 19.8. The van der Waals surface area contributed by atoms with E-state index < -0.39 is 16.8 Å². The van der Waals surface area contributed by atoms with Crippen LogP contribution in [0.4, 0.5) is 11.4 Å². The maximum absolute atomic E-state index is 13.1. The van der Waals surface area contributed by atoms with E-state index in [9.17, 15) is 19.8 Å². The molecule has 0 radical (unpaired) electrons. The van der Waals surface area contributed by atoms with Crippen LogP contribution in [-0.4, -0.2) is 64.0 Å². The van der Waals surface area contributed by atoms with E-state index in [1.807, 2.05) is 100 Å². The van der Waals surface area contributed by atoms with Gasteiger partial charge in [-0.1, -0.05) is 39.8 Å². The van der Waals surface area contributed by atoms with Gasteiger partial charge in [-0.3, -0.25) is 9.59 Å². The summed E-state index contributed by atoms with van der Waals surface area (Å²) in [6.45, 7) is 8.60. The third-order valence-electron chi connectivity index (χ3n) is 12.0. The highest BCUT2D eigenvalue weighted by atomic mass is 16.7. The van der Waals surface area contributed by atoms with Crippen LogP contribution in [0.1, 0.15) is 75.9 Å². The van der Waals surface area contributed by atoms with Crippen LogP contribution in [0.5, 0.6) is 23.0 Å². The molecule has 2 aromatic heterocycles. The summed E-state index contributed by atoms with van der Waals surface area (Å²) in [6, 6.07) is 26.8. The molecular weight excluding hydrogens is 753 g/mol. The molecule has 0 unspecified atom stereocenters. The minimum atomic E-state index is -0.749. The Hall–Kier alpha value is -6.18. The lowest BCUT2D eigenvalue weighted by Gasteiger charge is -2.19. The van der Waals surface area contributed by atoms with Gasteiger partial charge >= 0.3 is 5.97 Å². The van der Waals surface area contributed by atoms with Crippen LogP contribution >= 0.6 is 0 Å². The molecule has 6 aromatic rings. The fourth-order valence-electron chi connectivity index (χ4n) is 7.42. The average molecular weight is 803 g/mol. The Morgan fingerprint density at radius 1 is 0.644 bits per heavy atom. The number of benzene rings is 4. The number of nitrogens with one attached hydrogen (secondary N) is 3. The number of fused-ring (bicyclic) bond motifs is 4. The fraction of sp³-hybridized carbons (Fsp3) is 0.348. The maximum atomic E-state index is 13.1. The summed E-state index contributed by atoms with van der Waals surface area (Å²) in [5, 5.41) is 33.2. The van der Waals surface area contributed by atoms with Gasteiger partial charge in [-0.25, -0.2) is 0 Å². The standard InChI is InChI=1S/C23H24N2O4.C12H16N2O.C11H10O4/c1-22(2,12-26)20-10-14-9-16(4-5-17(14)25-20)24-21(27)23(7-8-23)15-3-6-18-19(11-15)29-13-28-18;1-12(2,7-15)11-6-8-5-9(13)3-4-10(8)14-11;12-10(13)11(3-4-11)7-1-2-8-9(5-7)15-6-14-8/h3-6,9-11,25-26H,7-8,12-13H2,1-2H3,(H,24,27);3-6,14-15H,7,13H2,1-2H3;1-2,5H,3-4,6H2,(H,12,13). The largest absolute Gasteiger partial charge is 0.481 e. The summed E-state index contributed by atoms with van der Waals surface area (Å²) in [7, 11) is 0. The highest BCUT2D eigenvalue weighted by Gasteiger charge is 2.53. The molecule has 4 aromatic carbocycles. The molecule has 2 fully saturated rings. The number of aliphatic carboxylic acids is 1. The third kappa shape index (κ3) is 7.63. The normalized spacial score (nSPS) is 16.4. The zero-order valence-corrected chi connectivity index (χ0v) is 33.6. The number of anilines is 2. The highest BCUT2D eigenvalue weighted by molar-refractivity contribution is 6.02. The van der Waals surface area contributed by atoms with Gasteiger partial charge in [-0.15, -0.1) is 0 Å². The molecule has 0 atom stereocenters. The van der Waals surface area contributed by atoms with Crippen LogP contribution in [-0.2, 0) is 31.2 Å². The minimum absolute atomic E-state index is 0.00200. The Morgan fingerprint density at radius 3 is 1.61 bits per heavy atom. The predicted molar refractivity (Wildman–Crippen MR) is 224 cm³/mol. The van der Waals surface area contributed by atoms with Crippen LogP contribution in [0.3, 0.4) is 0 Å². The number of aromatic amines is 2. The number of amides is 1. The first-order chi connectivity index (χ1) is 28.2. The molecule has 13 heteroatoms. The van der Waals surface area contributed by atoms with Gasteiger partial charge in [0.2, 0.25) is 19.5 Å². The number of carbonyl (C=O) groups is 2. The lowest BCUT2D eigenvalue weighted by Crippen LogP contribution is -2.27. The van der Waals surface area contributed by atoms with Crippen molar-refractivity contribution in [3.05, 3.63) is 107 Å². The van der Waals surface area contributed by atoms with Crippen molar-refractivity contribution in [1.82, 2.24) is 9.97 Å². The predicted octanol–water partition coefficient (Wildman–Crippen LogP) is 7.39. The second-order valence-corrected chi connectivity index (χ2v) is 17.2. The zero-order valence-electron chi connectivity index (χ0n) is 33.6. The summed E-state index contributed by atoms with van der Waals surface area (Å²) < 4.78 is 21.3. The molecule has 0 saturated heterocycles. The number of ether oxygens (including phenoxy) is 4. The Kier molecular flexibility index (Phi) is 10.0. The number of hydrogen-bond donors (Lipinski definition) is 7. The van der Waals surface area contributed by atoms with Crippen molar-refractivity contribution >= 4 is 45.1 Å². The van der Waals surface area contributed by atoms with E-state index in [0.29, 0.717) is 30.1 Å². The van der Waals surface area contributed by atoms with Crippen molar-refractivity contribution < 1.29 is 43.9 Å². The summed E-state index contributed by atoms with van der Waals surface area (Å²) in [5.41, 5.74) is 11.3. The van der Waals surface area contributed by atoms with Crippen LogP contribution in [0, 0.1) is 0 Å². The second-order valence-electron chi connectivity index (χ2n) is 17.2. The van der Waals surface area contributed by atoms with Crippen LogP contribution in [0.25, 0.3) is 21.8 Å². The number of aliphatic hydroxyl groups excluding tert-OH is 2. The van der Waals surface area contributed by atoms with Crippen LogP contribution in [0.2, 0.25) is 0 Å². The summed E-state index contributed by atoms with van der Waals surface area (Å²) in [5.74, 6) is 2.03. The van der Waals surface area contributed by atoms with E-state index >= 15 is 0 Å². The molecule has 10 rings (SSSR count). The number of H-pyrrole nitrogens is 2. The fourth-order valence-corrected chi connectivity index (χ4v) is 7.42. The molecule has 0 spiro atoms. The van der Waals surface area contributed by atoms with Gasteiger partial charge in [0, 0.05) is 55.4 Å². The highest BCUT2D eigenvalue weighted by Crippen LogP contribution is 2.52. The van der Waals surface area contributed by atoms with E-state index in [4.69, 9.17) is 29.8 Å². The Bertz CT molecular complexity index is 2560. The summed E-state index contributed by atoms with van der Waals surface area (Å²) in [4.78, 5) is 30.9. The van der Waals surface area contributed by atoms with Crippen molar-refractivity contribution in [2.75, 3.05) is 37.9 Å². The molecule has 2 aliphatic heterocycles. The second kappa shape index (κ2) is 14.9. The molecular formula is C46H50N4O9. The third-order valence-corrected chi connectivity index (χ3v) is 12.0. The van der Waals surface area contributed by atoms with Crippen molar-refractivity contribution in [1.29, 1.82) is 0 Å². The topological polar surface area (TPSA) is 201 Å². The zero-order chi connectivity index (χ0) is 41.7. The smallest absolute Gasteiger partial charge is 0.314 e. The molecule has 13 nitrogen and oxygen atoms in total. The first kappa shape index (κ1) is 39.6. The van der Waals surface area contributed by atoms with Crippen molar-refractivity contribution in [2.45, 2.75) is 75.0 Å². The Morgan fingerprint density at radius 2 is 1.12 bits per heavy atom. The molecule has 0 bridgehead atoms. The van der Waals surface area contributed by atoms with E-state index in [1.165, 1.54) is 0 Å². The van der Waals surface area contributed by atoms with E-state index in [1.54, 1.807) is 12.1 Å². The van der Waals surface area contributed by atoms with Gasteiger partial charge in [0.15, 0.2) is 23.0 Å². The van der Waals surface area contributed by atoms with E-state index in [-0.39, 0.29) is 43.5 Å². The van der Waals surface area contributed by atoms with Crippen molar-refractivity contribution in [2.24, 2.45) is 0 Å². The first-order valence-electron chi connectivity index (χ1n) is 19.8. The maximum Gasteiger partial charge on any atom is 0.314 e. The van der Waals surface area contributed by atoms with Crippen LogP contribution in [0.15, 0.2) is 84.9 Å². The van der Waals surface area contributed by atoms with Gasteiger partial charge in [-0.05, 0) is 110 Å². The van der Waals surface area contributed by atoms with Gasteiger partial charge in [0.1, 0.15) is 0 Å². The lowest BCUT2D eigenvalue weighted by molar-refractivity contribution is -0.140. The molecule has 59 heavy (non-hydrogen) atoms. The lowest BCUT2D eigenvalue weighted by atomic mass is 9.91. The average Bonchev–Trinajstić information content (AvgIpc) is 3.93. The van der Waals surface area contributed by atoms with E-state index in [2.05, 4.69) is 15.3 Å². The minimum Gasteiger partial charge on any atom is -0.481 e. The van der Waals surface area contributed by atoms with Crippen molar-refractivity contribution in [3.8, 4) is 23.0 Å². The monoisotopic (exact) mass is 802 g/mol. The molecule has 1 amide bonds. The number of carboxylic acids is 1. The number of carboxylic acid groups (broad SMARTS) is 1. The van der Waals surface area contributed by atoms with Gasteiger partial charge in [-0.2, -0.15) is 0 Å². The van der Waals surface area contributed by atoms with Crippen molar-refractivity contribution in [3.63, 3.8) is 0 Å². The molecule has 4 heterocycles. The Balaban J connectivity index is 0.000000136. The molecule has 308 valence electrons. The van der Waals surface area contributed by atoms with Gasteiger partial charge in [0.05, 0.1) is 24.0 Å². The quantitative estimate of drug-likeness (QED) is 0.0723. The number of nitrogen functional groups attached to an aromatic ring is 1. The number of rotatable bonds is 9. The number of carbonyl (C=O) groups excluding carboxylic acids is 1. The number of nitrogens with two attached hydrogens (primary N) is 1. The Labute approximate surface area is 341 Å². The van der Waals surface area contributed by atoms with E-state index in [0.717, 1.165) is 74.3 Å². The summed E-state index contributed by atoms with van der Waals surface area (Å²) >= 11 is 0. The number of hydrogen-bond acceptors (Lipinski definition) is 9. The van der Waals surface area contributed by atoms with Gasteiger partial charge < -0.3 is 55.3 Å². The molecule has 2 saturated carbocycles. The molecule has 4 aliphatic rings. The number of aromatic nitrogens is 2. The summed E-state index contributed by atoms with van der Waals surface area (Å²) in [6.07, 6.45) is 3.06. The molecule has 2 aliphatic carbocycles. The molecule has 8 N–H and O–H groups in total. The van der Waals surface area contributed by atoms with Gasteiger partial charge in [0.25, 0.3) is 0 Å². The SMILES string of the molecule is CC(C)(CO)c1cc2cc(N)ccc2[nH]1.CC(C)(CO)c1cc2cc(NC(=O)C3(c4ccc5c(c4)OCO5)CC3)ccc2[nH]1.O=C(O)C1(c2ccc3c(c2)OCO3)CC1. The van der Waals surface area contributed by atoms with Crippen LogP contribution < -0.4 is 30.0 Å². The number of aliphatic hydroxyl groups is 2.